The van der Waals surface area contributed by atoms with Gasteiger partial charge in [-0.05, 0) is 48.5 Å². The van der Waals surface area contributed by atoms with Crippen molar-refractivity contribution in [1.29, 1.82) is 5.41 Å². The van der Waals surface area contributed by atoms with Crippen LogP contribution in [0.5, 0.6) is 0 Å². The number of anilines is 1. The van der Waals surface area contributed by atoms with Gasteiger partial charge in [0.1, 0.15) is 11.4 Å². The van der Waals surface area contributed by atoms with E-state index in [0.717, 1.165) is 24.6 Å². The maximum atomic E-state index is 12.6. The normalized spacial score (nSPS) is 20.3. The molecule has 1 aliphatic heterocycles. The standard InChI is InChI=1S/C17H17F3N4OS/c1-2-26(25)14-5-11(10-3-4-10)7-23-16(14)24-9-12-8-22-15(6-13(12)21)17(18,19)20/h5-10,21H,2-4H2,1H3,(H,23,24)/b12-9-,21-13?. The van der Waals surface area contributed by atoms with Crippen LogP contribution >= 0.6 is 0 Å². The van der Waals surface area contributed by atoms with Crippen molar-refractivity contribution in [2.24, 2.45) is 4.99 Å². The average molecular weight is 382 g/mol. The Morgan fingerprint density at radius 3 is 2.73 bits per heavy atom. The zero-order valence-electron chi connectivity index (χ0n) is 13.9. The molecule has 2 heterocycles. The molecular formula is C17H17F3N4OS. The lowest BCUT2D eigenvalue weighted by Crippen LogP contribution is -2.17. The molecule has 1 saturated carbocycles. The average Bonchev–Trinajstić information content (AvgIpc) is 3.44. The summed E-state index contributed by atoms with van der Waals surface area (Å²) in [5, 5.41) is 10.6. The molecule has 0 saturated heterocycles. The Balaban J connectivity index is 1.81. The van der Waals surface area contributed by atoms with Crippen LogP contribution in [0.3, 0.4) is 0 Å². The van der Waals surface area contributed by atoms with Gasteiger partial charge >= 0.3 is 6.18 Å². The van der Waals surface area contributed by atoms with Crippen LogP contribution in [-0.4, -0.2) is 33.4 Å². The first kappa shape index (κ1) is 18.7. The Bertz CT molecular complexity index is 813. The molecule has 1 aromatic heterocycles. The molecule has 138 valence electrons. The molecule has 5 nitrogen and oxygen atoms in total. The minimum Gasteiger partial charge on any atom is -0.611 e. The monoisotopic (exact) mass is 382 g/mol. The predicted octanol–water partition coefficient (Wildman–Crippen LogP) is 3.93. The Labute approximate surface area is 151 Å². The molecule has 2 N–H and O–H groups in total. The summed E-state index contributed by atoms with van der Waals surface area (Å²) in [6.07, 6.45) is 2.32. The summed E-state index contributed by atoms with van der Waals surface area (Å²) >= 11 is -1.24. The van der Waals surface area contributed by atoms with Crippen molar-refractivity contribution in [2.45, 2.75) is 36.8 Å². The van der Waals surface area contributed by atoms with E-state index in [4.69, 9.17) is 5.41 Å². The van der Waals surface area contributed by atoms with Crippen LogP contribution in [0, 0.1) is 5.41 Å². The summed E-state index contributed by atoms with van der Waals surface area (Å²) in [6, 6.07) is 1.87. The van der Waals surface area contributed by atoms with Gasteiger partial charge in [-0.1, -0.05) is 0 Å². The number of alkyl halides is 3. The molecule has 1 aromatic rings. The first-order valence-electron chi connectivity index (χ1n) is 8.06. The summed E-state index contributed by atoms with van der Waals surface area (Å²) < 4.78 is 50.2. The minimum absolute atomic E-state index is 0.180. The SMILES string of the molecule is CC[S+]([O-])c1cc(C2CC2)cnc1N/C=C1/C=NC(C(F)(F)F)=CC1=N. The summed E-state index contributed by atoms with van der Waals surface area (Å²) in [6.45, 7) is 1.80. The number of hydrogen-bond donors (Lipinski definition) is 2. The number of aromatic nitrogens is 1. The molecule has 26 heavy (non-hydrogen) atoms. The molecule has 1 aliphatic carbocycles. The Morgan fingerprint density at radius 1 is 1.42 bits per heavy atom. The lowest BCUT2D eigenvalue weighted by atomic mass is 10.1. The second kappa shape index (κ2) is 7.24. The molecule has 0 spiro atoms. The van der Waals surface area contributed by atoms with E-state index in [2.05, 4.69) is 15.3 Å². The molecule has 1 unspecified atom stereocenters. The third-order valence-corrected chi connectivity index (χ3v) is 5.35. The second-order valence-electron chi connectivity index (χ2n) is 5.97. The molecule has 0 radical (unpaired) electrons. The van der Waals surface area contributed by atoms with E-state index in [-0.39, 0.29) is 11.3 Å². The van der Waals surface area contributed by atoms with E-state index in [1.54, 1.807) is 13.1 Å². The van der Waals surface area contributed by atoms with Crippen LogP contribution in [0.1, 0.15) is 31.2 Å². The van der Waals surface area contributed by atoms with Gasteiger partial charge in [0.2, 0.25) is 0 Å². The number of nitrogens with zero attached hydrogens (tertiary/aromatic N) is 2. The van der Waals surface area contributed by atoms with Crippen LogP contribution in [0.4, 0.5) is 19.0 Å². The summed E-state index contributed by atoms with van der Waals surface area (Å²) in [5.74, 6) is 1.26. The second-order valence-corrected chi connectivity index (χ2v) is 7.68. The van der Waals surface area contributed by atoms with E-state index in [0.29, 0.717) is 28.5 Å². The van der Waals surface area contributed by atoms with Crippen molar-refractivity contribution in [3.8, 4) is 0 Å². The fourth-order valence-electron chi connectivity index (χ4n) is 2.42. The number of nitrogens with one attached hydrogen (secondary N) is 2. The highest BCUT2D eigenvalue weighted by Gasteiger charge is 2.35. The van der Waals surface area contributed by atoms with E-state index in [1.165, 1.54) is 6.20 Å². The van der Waals surface area contributed by atoms with E-state index >= 15 is 0 Å². The van der Waals surface area contributed by atoms with Gasteiger partial charge in [0, 0.05) is 30.3 Å². The number of rotatable bonds is 5. The largest absolute Gasteiger partial charge is 0.611 e. The quantitative estimate of drug-likeness (QED) is 0.757. The van der Waals surface area contributed by atoms with Crippen molar-refractivity contribution in [3.63, 3.8) is 0 Å². The van der Waals surface area contributed by atoms with Crippen LogP contribution in [0.15, 0.2) is 45.7 Å². The molecule has 3 rings (SSSR count). The van der Waals surface area contributed by atoms with Crippen molar-refractivity contribution in [1.82, 2.24) is 4.98 Å². The van der Waals surface area contributed by atoms with Gasteiger partial charge in [0.05, 0.1) is 5.71 Å². The van der Waals surface area contributed by atoms with E-state index in [9.17, 15) is 17.7 Å². The first-order chi connectivity index (χ1) is 12.3. The highest BCUT2D eigenvalue weighted by Crippen LogP contribution is 2.41. The summed E-state index contributed by atoms with van der Waals surface area (Å²) in [5.41, 5.74) is -0.198. The first-order valence-corrected chi connectivity index (χ1v) is 9.38. The fourth-order valence-corrected chi connectivity index (χ4v) is 3.33. The highest BCUT2D eigenvalue weighted by molar-refractivity contribution is 7.91. The third kappa shape index (κ3) is 4.16. The predicted molar refractivity (Wildman–Crippen MR) is 95.2 cm³/mol. The third-order valence-electron chi connectivity index (χ3n) is 4.02. The molecule has 0 bridgehead atoms. The molecule has 2 aliphatic rings. The molecule has 0 amide bonds. The van der Waals surface area contributed by atoms with Gasteiger partial charge in [-0.2, -0.15) is 13.2 Å². The molecule has 9 heteroatoms. The van der Waals surface area contributed by atoms with Crippen molar-refractivity contribution in [2.75, 3.05) is 11.1 Å². The van der Waals surface area contributed by atoms with Gasteiger partial charge in [-0.25, -0.2) is 4.98 Å². The number of aliphatic imine (C=N–C) groups is 1. The Kier molecular flexibility index (Phi) is 5.19. The van der Waals surface area contributed by atoms with Gasteiger partial charge in [-0.15, -0.1) is 0 Å². The van der Waals surface area contributed by atoms with Crippen molar-refractivity contribution >= 4 is 28.9 Å². The summed E-state index contributed by atoms with van der Waals surface area (Å²) in [4.78, 5) is 8.21. The summed E-state index contributed by atoms with van der Waals surface area (Å²) in [7, 11) is 0. The van der Waals surface area contributed by atoms with Gasteiger partial charge in [-0.3, -0.25) is 4.99 Å². The highest BCUT2D eigenvalue weighted by atomic mass is 32.2. The maximum absolute atomic E-state index is 12.6. The smallest absolute Gasteiger partial charge is 0.433 e. The van der Waals surface area contributed by atoms with E-state index in [1.807, 2.05) is 6.07 Å². The van der Waals surface area contributed by atoms with Crippen LogP contribution in [-0.2, 0) is 11.2 Å². The molecule has 0 aromatic carbocycles. The molecule has 1 fully saturated rings. The lowest BCUT2D eigenvalue weighted by molar-refractivity contribution is -0.0922. The fraction of sp³-hybridized carbons (Fsp3) is 0.353. The number of halogens is 3. The zero-order chi connectivity index (χ0) is 18.9. The Hall–Kier alpha value is -2.13. The topological polar surface area (TPSA) is 84.2 Å². The van der Waals surface area contributed by atoms with Crippen molar-refractivity contribution < 1.29 is 17.7 Å². The van der Waals surface area contributed by atoms with Crippen LogP contribution < -0.4 is 5.32 Å². The minimum atomic E-state index is -4.59. The van der Waals surface area contributed by atoms with Gasteiger partial charge < -0.3 is 15.3 Å². The maximum Gasteiger partial charge on any atom is 0.433 e. The number of pyridine rings is 1. The molecular weight excluding hydrogens is 365 g/mol. The lowest BCUT2D eigenvalue weighted by Gasteiger charge is -2.15. The van der Waals surface area contributed by atoms with Gasteiger partial charge in [0.25, 0.3) is 0 Å². The zero-order valence-corrected chi connectivity index (χ0v) is 14.7. The van der Waals surface area contributed by atoms with E-state index < -0.39 is 23.0 Å². The molecule has 1 atom stereocenters. The Morgan fingerprint density at radius 2 is 2.15 bits per heavy atom. The van der Waals surface area contributed by atoms with Crippen molar-refractivity contribution in [3.05, 3.63) is 41.4 Å². The van der Waals surface area contributed by atoms with Gasteiger partial charge in [0.15, 0.2) is 10.7 Å². The van der Waals surface area contributed by atoms with Crippen LogP contribution in [0.25, 0.3) is 0 Å². The number of allylic oxidation sites excluding steroid dienone is 3. The van der Waals surface area contributed by atoms with Crippen LogP contribution in [0.2, 0.25) is 0 Å². The number of hydrogen-bond acceptors (Lipinski definition) is 5.